The molecule has 5 atom stereocenters. The van der Waals surface area contributed by atoms with Crippen molar-refractivity contribution in [3.63, 3.8) is 0 Å². The van der Waals surface area contributed by atoms with Crippen molar-refractivity contribution in [3.05, 3.63) is 29.8 Å². The Balaban J connectivity index is 2.36. The van der Waals surface area contributed by atoms with Crippen molar-refractivity contribution in [2.24, 2.45) is 0 Å². The summed E-state index contributed by atoms with van der Waals surface area (Å²) in [6.07, 6.45) is -4.23. The van der Waals surface area contributed by atoms with Gasteiger partial charge in [0, 0.05) is 7.11 Å². The van der Waals surface area contributed by atoms with Crippen LogP contribution in [0.5, 0.6) is 0 Å². The van der Waals surface area contributed by atoms with Gasteiger partial charge in [0.05, 0.1) is 11.5 Å². The van der Waals surface area contributed by atoms with Gasteiger partial charge in [0.2, 0.25) is 0 Å². The third-order valence-electron chi connectivity index (χ3n) is 8.00. The van der Waals surface area contributed by atoms with Crippen LogP contribution in [-0.2, 0) is 32.6 Å². The van der Waals surface area contributed by atoms with Crippen LogP contribution in [0.15, 0.2) is 29.2 Å². The first-order valence-corrected chi connectivity index (χ1v) is 20.0. The number of aliphatic hydroxyl groups excluding tert-OH is 1. The summed E-state index contributed by atoms with van der Waals surface area (Å²) in [5.74, 6) is 0. The molecule has 1 aromatic rings. The summed E-state index contributed by atoms with van der Waals surface area (Å²) >= 11 is 0. The van der Waals surface area contributed by atoms with Crippen LogP contribution in [0.2, 0.25) is 36.3 Å². The molecule has 1 aromatic carbocycles. The smallest absolute Gasteiger partial charge is 0.297 e. The van der Waals surface area contributed by atoms with Gasteiger partial charge in [0.1, 0.15) is 24.4 Å². The predicted molar refractivity (Wildman–Crippen MR) is 150 cm³/mol. The molecular weight excluding hydrogens is 529 g/mol. The topological polar surface area (TPSA) is 101 Å². The first-order valence-electron chi connectivity index (χ1n) is 12.8. The summed E-state index contributed by atoms with van der Waals surface area (Å²) in [7, 11) is -7.17. The van der Waals surface area contributed by atoms with E-state index in [9.17, 15) is 13.5 Å². The number of aryl methyl sites for hydroxylation is 1. The van der Waals surface area contributed by atoms with Crippen LogP contribution < -0.4 is 0 Å². The molecule has 1 aliphatic rings. The molecule has 1 aliphatic heterocycles. The lowest BCUT2D eigenvalue weighted by Crippen LogP contribution is -2.55. The SMILES string of the molecule is CO[C@@H]1O[C@@H]([C@H](O)COS(=O)(=O)c2ccc(C)cc2)[C@H](O[Si](C)(C)C(C)(C)C)[C@H]1O[Si](C)(C)C(C)(C)C. The summed E-state index contributed by atoms with van der Waals surface area (Å²) in [6, 6.07) is 6.36. The highest BCUT2D eigenvalue weighted by molar-refractivity contribution is 7.86. The Morgan fingerprint density at radius 2 is 1.38 bits per heavy atom. The molecule has 0 bridgehead atoms. The summed E-state index contributed by atoms with van der Waals surface area (Å²) < 4.78 is 56.1. The zero-order valence-corrected chi connectivity index (χ0v) is 27.4. The molecule has 0 radical (unpaired) electrons. The van der Waals surface area contributed by atoms with E-state index in [0.29, 0.717) is 0 Å². The quantitative estimate of drug-likeness (QED) is 0.299. The van der Waals surface area contributed by atoms with Crippen molar-refractivity contribution in [2.75, 3.05) is 13.7 Å². The third-order valence-corrected chi connectivity index (χ3v) is 18.2. The zero-order chi connectivity index (χ0) is 28.6. The predicted octanol–water partition coefficient (Wildman–Crippen LogP) is 5.21. The van der Waals surface area contributed by atoms with Crippen LogP contribution in [0, 0.1) is 6.92 Å². The molecule has 0 amide bonds. The highest BCUT2D eigenvalue weighted by Gasteiger charge is 2.55. The lowest BCUT2D eigenvalue weighted by atomic mass is 10.1. The number of hydrogen-bond acceptors (Lipinski definition) is 8. The molecule has 0 saturated carbocycles. The standard InChI is InChI=1S/C26H48O8SSi2/c1-18-13-15-19(16-14-18)35(28,29)31-17-20(27)21-22(33-36(9,10)25(2,3)4)23(24(30-8)32-21)34-37(11,12)26(5,6)7/h13-16,20-24,27H,17H2,1-12H3/t20-,21+,22+,23-,24-/m1/s1. The van der Waals surface area contributed by atoms with Crippen LogP contribution in [-0.4, -0.2) is 74.6 Å². The lowest BCUT2D eigenvalue weighted by Gasteiger charge is -2.44. The van der Waals surface area contributed by atoms with Gasteiger partial charge < -0.3 is 23.4 Å². The lowest BCUT2D eigenvalue weighted by molar-refractivity contribution is -0.163. The number of benzene rings is 1. The molecule has 1 fully saturated rings. The summed E-state index contributed by atoms with van der Waals surface area (Å²) in [5.41, 5.74) is 0.933. The van der Waals surface area contributed by atoms with E-state index in [1.807, 2.05) is 6.92 Å². The molecule has 11 heteroatoms. The van der Waals surface area contributed by atoms with E-state index >= 15 is 0 Å². The molecule has 0 spiro atoms. The summed E-state index contributed by atoms with van der Waals surface area (Å²) in [4.78, 5) is 0.0284. The fraction of sp³-hybridized carbons (Fsp3) is 0.769. The van der Waals surface area contributed by atoms with Crippen molar-refractivity contribution in [3.8, 4) is 0 Å². The number of aliphatic hydroxyl groups is 1. The van der Waals surface area contributed by atoms with Crippen molar-refractivity contribution in [2.45, 2.75) is 120 Å². The van der Waals surface area contributed by atoms with Gasteiger partial charge >= 0.3 is 0 Å². The molecular formula is C26H48O8SSi2. The average molecular weight is 577 g/mol. The maximum Gasteiger partial charge on any atom is 0.297 e. The second-order valence-electron chi connectivity index (χ2n) is 13.0. The second kappa shape index (κ2) is 11.5. The van der Waals surface area contributed by atoms with Gasteiger partial charge in [-0.05, 0) is 55.3 Å². The number of ether oxygens (including phenoxy) is 2. The third kappa shape index (κ3) is 7.73. The molecule has 0 aliphatic carbocycles. The average Bonchev–Trinajstić information content (AvgIpc) is 3.07. The van der Waals surface area contributed by atoms with Crippen LogP contribution in [0.3, 0.4) is 0 Å². The largest absolute Gasteiger partial charge is 0.408 e. The van der Waals surface area contributed by atoms with Gasteiger partial charge in [-0.15, -0.1) is 0 Å². The molecule has 1 heterocycles. The molecule has 214 valence electrons. The molecule has 1 saturated heterocycles. The molecule has 8 nitrogen and oxygen atoms in total. The van der Waals surface area contributed by atoms with Crippen molar-refractivity contribution in [1.29, 1.82) is 0 Å². The van der Waals surface area contributed by atoms with Crippen LogP contribution in [0.1, 0.15) is 47.1 Å². The van der Waals surface area contributed by atoms with Crippen molar-refractivity contribution >= 4 is 26.8 Å². The van der Waals surface area contributed by atoms with E-state index in [4.69, 9.17) is 22.5 Å². The zero-order valence-electron chi connectivity index (χ0n) is 24.6. The first-order chi connectivity index (χ1) is 16.6. The van der Waals surface area contributed by atoms with E-state index in [1.165, 1.54) is 19.2 Å². The Labute approximate surface area is 226 Å². The maximum absolute atomic E-state index is 12.7. The highest BCUT2D eigenvalue weighted by atomic mass is 32.2. The molecule has 0 aromatic heterocycles. The molecule has 1 N–H and O–H groups in total. The minimum atomic E-state index is -4.06. The number of rotatable bonds is 10. The normalized spacial score (nSPS) is 24.9. The molecule has 37 heavy (non-hydrogen) atoms. The Morgan fingerprint density at radius 3 is 1.81 bits per heavy atom. The minimum Gasteiger partial charge on any atom is -0.408 e. The van der Waals surface area contributed by atoms with Crippen LogP contribution >= 0.6 is 0 Å². The van der Waals surface area contributed by atoms with E-state index in [2.05, 4.69) is 67.7 Å². The van der Waals surface area contributed by atoms with Gasteiger partial charge in [0.15, 0.2) is 22.9 Å². The van der Waals surface area contributed by atoms with E-state index in [1.54, 1.807) is 12.1 Å². The van der Waals surface area contributed by atoms with Gasteiger partial charge in [-0.25, -0.2) is 0 Å². The Bertz CT molecular complexity index is 997. The fourth-order valence-electron chi connectivity index (χ4n) is 3.47. The Hall–Kier alpha value is -0.636. The van der Waals surface area contributed by atoms with E-state index in [-0.39, 0.29) is 15.0 Å². The first kappa shape index (κ1) is 32.6. The van der Waals surface area contributed by atoms with Gasteiger partial charge in [-0.1, -0.05) is 59.2 Å². The van der Waals surface area contributed by atoms with Gasteiger partial charge in [-0.3, -0.25) is 4.18 Å². The van der Waals surface area contributed by atoms with Crippen LogP contribution in [0.4, 0.5) is 0 Å². The highest BCUT2D eigenvalue weighted by Crippen LogP contribution is 2.44. The number of methoxy groups -OCH3 is 1. The van der Waals surface area contributed by atoms with Gasteiger partial charge in [0.25, 0.3) is 10.1 Å². The Morgan fingerprint density at radius 1 is 0.919 bits per heavy atom. The van der Waals surface area contributed by atoms with E-state index in [0.717, 1.165) is 5.56 Å². The monoisotopic (exact) mass is 576 g/mol. The number of hydrogen-bond donors (Lipinski definition) is 1. The van der Waals surface area contributed by atoms with Crippen LogP contribution in [0.25, 0.3) is 0 Å². The second-order valence-corrected chi connectivity index (χ2v) is 24.1. The van der Waals surface area contributed by atoms with Crippen molar-refractivity contribution < 1.29 is 36.0 Å². The minimum absolute atomic E-state index is 0.0284. The van der Waals surface area contributed by atoms with Gasteiger partial charge in [-0.2, -0.15) is 8.42 Å². The maximum atomic E-state index is 12.7. The molecule has 2 rings (SSSR count). The molecule has 0 unspecified atom stereocenters. The Kier molecular flexibility index (Phi) is 10.1. The van der Waals surface area contributed by atoms with Crippen molar-refractivity contribution in [1.82, 2.24) is 0 Å². The fourth-order valence-corrected chi connectivity index (χ4v) is 6.97. The summed E-state index contributed by atoms with van der Waals surface area (Å²) in [5, 5.41) is 11.0. The summed E-state index contributed by atoms with van der Waals surface area (Å²) in [6.45, 7) is 22.8. The van der Waals surface area contributed by atoms with E-state index < -0.39 is 64.1 Å².